The molecule has 0 radical (unpaired) electrons. The van der Waals surface area contributed by atoms with Crippen LogP contribution in [0.5, 0.6) is 11.5 Å². The highest BCUT2D eigenvalue weighted by molar-refractivity contribution is 6.09. The monoisotopic (exact) mass is 578 g/mol. The number of hydrogen-bond acceptors (Lipinski definition) is 5. The summed E-state index contributed by atoms with van der Waals surface area (Å²) in [5.41, 5.74) is 4.14. The molecule has 2 atom stereocenters. The van der Waals surface area contributed by atoms with Gasteiger partial charge in [-0.1, -0.05) is 78.5 Å². The first-order valence-electron chi connectivity index (χ1n) is 14.3. The predicted octanol–water partition coefficient (Wildman–Crippen LogP) is 7.69. The van der Waals surface area contributed by atoms with E-state index in [0.717, 1.165) is 12.0 Å². The van der Waals surface area contributed by atoms with Crippen LogP contribution in [0.2, 0.25) is 0 Å². The van der Waals surface area contributed by atoms with Gasteiger partial charge in [-0.05, 0) is 62.1 Å². The zero-order valence-electron chi connectivity index (χ0n) is 24.5. The van der Waals surface area contributed by atoms with Gasteiger partial charge in [0.25, 0.3) is 5.91 Å². The predicted molar refractivity (Wildman–Crippen MR) is 167 cm³/mol. The Hall–Kier alpha value is -4.75. The summed E-state index contributed by atoms with van der Waals surface area (Å²) in [4.78, 5) is 19.6. The number of fused-ring (bicyclic) bond motifs is 2. The van der Waals surface area contributed by atoms with E-state index in [0.29, 0.717) is 39.9 Å². The second kappa shape index (κ2) is 13.5. The Morgan fingerprint density at radius 1 is 1.07 bits per heavy atom. The van der Waals surface area contributed by atoms with E-state index in [1.54, 1.807) is 24.4 Å². The fourth-order valence-corrected chi connectivity index (χ4v) is 5.25. The Morgan fingerprint density at radius 2 is 1.86 bits per heavy atom. The average Bonchev–Trinajstić information content (AvgIpc) is 3.32. The van der Waals surface area contributed by atoms with E-state index in [2.05, 4.69) is 42.3 Å². The van der Waals surface area contributed by atoms with Gasteiger partial charge >= 0.3 is 0 Å². The molecule has 3 aliphatic rings. The van der Waals surface area contributed by atoms with Crippen LogP contribution in [-0.2, 0) is 6.54 Å². The van der Waals surface area contributed by atoms with Crippen LogP contribution in [0.15, 0.2) is 115 Å². The SMILES string of the molecule is CC1=CCC=CC=C1.COc1c2c(c(OC(C)C3=CC=CC=CC3)c3ncccc13)C(=O)N(Cc1ccc(F)cc1)C2O. The van der Waals surface area contributed by atoms with Crippen molar-refractivity contribution < 1.29 is 23.8 Å². The van der Waals surface area contributed by atoms with E-state index in [-0.39, 0.29) is 24.0 Å². The maximum absolute atomic E-state index is 13.7. The second-order valence-corrected chi connectivity index (χ2v) is 10.5. The summed E-state index contributed by atoms with van der Waals surface area (Å²) < 4.78 is 25.5. The number of carbonyl (C=O) groups excluding carboxylic acids is 1. The van der Waals surface area contributed by atoms with Crippen LogP contribution in [-0.4, -0.2) is 34.1 Å². The molecule has 0 saturated heterocycles. The summed E-state index contributed by atoms with van der Waals surface area (Å²) in [6, 6.07) is 9.43. The third-order valence-corrected chi connectivity index (χ3v) is 7.53. The van der Waals surface area contributed by atoms with Crippen molar-refractivity contribution in [1.29, 1.82) is 0 Å². The molecule has 6 rings (SSSR count). The number of hydrogen-bond donors (Lipinski definition) is 1. The van der Waals surface area contributed by atoms with Crippen molar-refractivity contribution in [2.75, 3.05) is 7.11 Å². The number of benzene rings is 2. The van der Waals surface area contributed by atoms with Crippen LogP contribution in [0.25, 0.3) is 10.9 Å². The van der Waals surface area contributed by atoms with Gasteiger partial charge in [-0.15, -0.1) is 0 Å². The number of carbonyl (C=O) groups is 1. The van der Waals surface area contributed by atoms with Crippen LogP contribution < -0.4 is 9.47 Å². The van der Waals surface area contributed by atoms with Gasteiger partial charge in [0, 0.05) is 18.1 Å². The van der Waals surface area contributed by atoms with Gasteiger partial charge in [0.05, 0.1) is 18.2 Å². The highest BCUT2D eigenvalue weighted by atomic mass is 19.1. The zero-order valence-corrected chi connectivity index (χ0v) is 24.5. The molecule has 2 aromatic carbocycles. The Kier molecular flexibility index (Phi) is 9.32. The number of aromatic nitrogens is 1. The highest BCUT2D eigenvalue weighted by Gasteiger charge is 2.43. The van der Waals surface area contributed by atoms with Crippen molar-refractivity contribution in [3.63, 3.8) is 0 Å². The molecule has 2 aliphatic carbocycles. The molecule has 1 aliphatic heterocycles. The molecule has 220 valence electrons. The summed E-state index contributed by atoms with van der Waals surface area (Å²) in [5.74, 6) is -0.0798. The maximum Gasteiger partial charge on any atom is 0.260 e. The first-order valence-corrected chi connectivity index (χ1v) is 14.3. The molecular weight excluding hydrogens is 543 g/mol. The first-order chi connectivity index (χ1) is 20.9. The fourth-order valence-electron chi connectivity index (χ4n) is 5.25. The molecule has 0 fully saturated rings. The zero-order chi connectivity index (χ0) is 30.3. The van der Waals surface area contributed by atoms with E-state index >= 15 is 0 Å². The van der Waals surface area contributed by atoms with E-state index in [4.69, 9.17) is 9.47 Å². The topological polar surface area (TPSA) is 71.9 Å². The number of methoxy groups -OCH3 is 1. The number of pyridine rings is 1. The standard InChI is InChI=1S/C28H25FN2O4.C8H10/c1-17(19-8-5-3-4-6-9-19)35-26-23-22(25(34-2)21-10-7-15-30-24(21)26)27(32)31(28(23)33)16-18-11-13-20(29)14-12-18;1-8-6-4-2-3-5-7-8/h3-8,10-15,17,27,32H,9,16H2,1-2H3;2-4,6-7H,5H2,1H3. The molecular formula is C36H35FN2O4. The van der Waals surface area contributed by atoms with Gasteiger partial charge < -0.3 is 19.5 Å². The van der Waals surface area contributed by atoms with E-state index in [9.17, 15) is 14.3 Å². The summed E-state index contributed by atoms with van der Waals surface area (Å²) in [6.45, 7) is 4.14. The average molecular weight is 579 g/mol. The van der Waals surface area contributed by atoms with Crippen LogP contribution in [0.3, 0.4) is 0 Å². The Labute approximate surface area is 251 Å². The minimum atomic E-state index is -1.26. The number of aliphatic hydroxyl groups is 1. The lowest BCUT2D eigenvalue weighted by molar-refractivity contribution is 0.0129. The Balaban J connectivity index is 0.000000400. The lowest BCUT2D eigenvalue weighted by atomic mass is 10.0. The number of halogens is 1. The smallest absolute Gasteiger partial charge is 0.260 e. The third-order valence-electron chi connectivity index (χ3n) is 7.53. The van der Waals surface area contributed by atoms with Gasteiger partial charge in [-0.3, -0.25) is 9.78 Å². The quantitative estimate of drug-likeness (QED) is 0.325. The minimum absolute atomic E-state index is 0.0949. The van der Waals surface area contributed by atoms with Gasteiger partial charge in [0.15, 0.2) is 12.0 Å². The number of rotatable bonds is 6. The molecule has 43 heavy (non-hydrogen) atoms. The number of amides is 1. The van der Waals surface area contributed by atoms with Crippen molar-refractivity contribution in [1.82, 2.24) is 9.88 Å². The van der Waals surface area contributed by atoms with Crippen molar-refractivity contribution in [2.24, 2.45) is 0 Å². The summed E-state index contributed by atoms with van der Waals surface area (Å²) in [7, 11) is 1.50. The molecule has 1 N–H and O–H groups in total. The van der Waals surface area contributed by atoms with E-state index < -0.39 is 12.1 Å². The summed E-state index contributed by atoms with van der Waals surface area (Å²) >= 11 is 0. The maximum atomic E-state index is 13.7. The molecule has 0 saturated carbocycles. The fraction of sp³-hybridized carbons (Fsp3) is 0.222. The lowest BCUT2D eigenvalue weighted by Gasteiger charge is -2.22. The highest BCUT2D eigenvalue weighted by Crippen LogP contribution is 2.49. The van der Waals surface area contributed by atoms with Crippen LogP contribution in [0, 0.1) is 5.82 Å². The van der Waals surface area contributed by atoms with Crippen LogP contribution >= 0.6 is 0 Å². The van der Waals surface area contributed by atoms with Crippen molar-refractivity contribution in [2.45, 2.75) is 45.6 Å². The number of aliphatic hydroxyl groups excluding tert-OH is 1. The summed E-state index contributed by atoms with van der Waals surface area (Å²) in [5, 5.41) is 11.9. The molecule has 1 amide bonds. The van der Waals surface area contributed by atoms with Crippen molar-refractivity contribution in [3.8, 4) is 11.5 Å². The number of allylic oxidation sites excluding steroid dienone is 11. The molecule has 2 unspecified atom stereocenters. The Bertz CT molecular complexity index is 1680. The lowest BCUT2D eigenvalue weighted by Crippen LogP contribution is -2.27. The molecule has 2 heterocycles. The molecule has 3 aromatic rings. The third kappa shape index (κ3) is 6.52. The van der Waals surface area contributed by atoms with E-state index in [1.807, 2.05) is 43.4 Å². The normalized spacial score (nSPS) is 17.8. The van der Waals surface area contributed by atoms with E-state index in [1.165, 1.54) is 29.7 Å². The van der Waals surface area contributed by atoms with Gasteiger partial charge in [-0.2, -0.15) is 0 Å². The van der Waals surface area contributed by atoms with Crippen molar-refractivity contribution >= 4 is 16.8 Å². The molecule has 1 aromatic heterocycles. The largest absolute Gasteiger partial charge is 0.496 e. The summed E-state index contributed by atoms with van der Waals surface area (Å²) in [6.07, 6.45) is 22.4. The first kappa shape index (κ1) is 29.7. The van der Waals surface area contributed by atoms with Crippen LogP contribution in [0.4, 0.5) is 4.39 Å². The van der Waals surface area contributed by atoms with Crippen molar-refractivity contribution in [3.05, 3.63) is 137 Å². The number of ether oxygens (including phenoxy) is 2. The molecule has 0 spiro atoms. The second-order valence-electron chi connectivity index (χ2n) is 10.5. The Morgan fingerprint density at radius 3 is 2.65 bits per heavy atom. The molecule has 7 heteroatoms. The molecule has 6 nitrogen and oxygen atoms in total. The van der Waals surface area contributed by atoms with Gasteiger partial charge in [0.2, 0.25) is 0 Å². The number of nitrogens with zero attached hydrogens (tertiary/aromatic N) is 2. The van der Waals surface area contributed by atoms with Crippen LogP contribution in [0.1, 0.15) is 54.4 Å². The van der Waals surface area contributed by atoms with Gasteiger partial charge in [0.1, 0.15) is 23.2 Å². The van der Waals surface area contributed by atoms with Gasteiger partial charge in [-0.25, -0.2) is 4.39 Å². The molecule has 0 bridgehead atoms. The minimum Gasteiger partial charge on any atom is -0.496 e.